The fraction of sp³-hybridized carbons (Fsp3) is 0.538. The van der Waals surface area contributed by atoms with Crippen LogP contribution in [0.15, 0.2) is 17.0 Å². The highest BCUT2D eigenvalue weighted by atomic mass is 32.2. The number of benzene rings is 1. The predicted molar refractivity (Wildman–Crippen MR) is 76.3 cm³/mol. The van der Waals surface area contributed by atoms with Crippen molar-refractivity contribution < 1.29 is 17.9 Å². The van der Waals surface area contributed by atoms with E-state index in [4.69, 9.17) is 5.73 Å². The fourth-order valence-corrected chi connectivity index (χ4v) is 3.00. The summed E-state index contributed by atoms with van der Waals surface area (Å²) in [6.07, 6.45) is 1.18. The second-order valence-corrected chi connectivity index (χ2v) is 6.96. The van der Waals surface area contributed by atoms with Crippen LogP contribution in [0.1, 0.15) is 32.3 Å². The monoisotopic (exact) mass is 304 g/mol. The van der Waals surface area contributed by atoms with Crippen LogP contribution in [0.2, 0.25) is 0 Å². The van der Waals surface area contributed by atoms with Crippen molar-refractivity contribution in [2.45, 2.75) is 44.1 Å². The van der Waals surface area contributed by atoms with Gasteiger partial charge in [-0.15, -0.1) is 0 Å². The molecule has 1 rings (SSSR count). The Morgan fingerprint density at radius 3 is 2.55 bits per heavy atom. The molecule has 0 saturated heterocycles. The third-order valence-electron chi connectivity index (χ3n) is 3.10. The molecule has 0 aliphatic carbocycles. The molecule has 1 atom stereocenters. The molecule has 0 amide bonds. The van der Waals surface area contributed by atoms with Crippen LogP contribution in [-0.4, -0.2) is 25.7 Å². The number of halogens is 1. The zero-order valence-corrected chi connectivity index (χ0v) is 12.7. The summed E-state index contributed by atoms with van der Waals surface area (Å²) >= 11 is 0. The van der Waals surface area contributed by atoms with Gasteiger partial charge in [-0.05, 0) is 32.4 Å². The second kappa shape index (κ2) is 6.07. The molecule has 1 aromatic rings. The Labute approximate surface area is 119 Å². The van der Waals surface area contributed by atoms with Crippen molar-refractivity contribution in [3.8, 4) is 0 Å². The van der Waals surface area contributed by atoms with Gasteiger partial charge in [0.15, 0.2) is 0 Å². The van der Waals surface area contributed by atoms with Crippen LogP contribution in [0, 0.1) is 12.7 Å². The summed E-state index contributed by atoms with van der Waals surface area (Å²) in [5.74, 6) is -0.675. The lowest BCUT2D eigenvalue weighted by Crippen LogP contribution is -2.40. The lowest BCUT2D eigenvalue weighted by atomic mass is 10.0. The summed E-state index contributed by atoms with van der Waals surface area (Å²) in [6.45, 7) is 4.77. The summed E-state index contributed by atoms with van der Waals surface area (Å²) in [7, 11) is -3.90. The molecule has 4 N–H and O–H groups in total. The molecule has 0 bridgehead atoms. The number of sulfonamides is 1. The first kappa shape index (κ1) is 16.9. The first-order valence-electron chi connectivity index (χ1n) is 6.37. The highest BCUT2D eigenvalue weighted by Crippen LogP contribution is 2.21. The van der Waals surface area contributed by atoms with Crippen molar-refractivity contribution in [2.24, 2.45) is 0 Å². The topological polar surface area (TPSA) is 92.4 Å². The molecule has 1 aromatic carbocycles. The zero-order chi connectivity index (χ0) is 15.6. The average Bonchev–Trinajstić information content (AvgIpc) is 2.33. The summed E-state index contributed by atoms with van der Waals surface area (Å²) in [5.41, 5.74) is 4.71. The Bertz CT molecular complexity index is 562. The fourth-order valence-electron chi connectivity index (χ4n) is 1.79. The van der Waals surface area contributed by atoms with Gasteiger partial charge in [0.05, 0.1) is 10.5 Å². The highest BCUT2D eigenvalue weighted by Gasteiger charge is 2.24. The van der Waals surface area contributed by atoms with E-state index in [1.54, 1.807) is 6.92 Å². The Hall–Kier alpha value is -1.18. The van der Waals surface area contributed by atoms with E-state index in [0.29, 0.717) is 6.42 Å². The van der Waals surface area contributed by atoms with Gasteiger partial charge in [0, 0.05) is 17.8 Å². The molecule has 7 heteroatoms. The predicted octanol–water partition coefficient (Wildman–Crippen LogP) is 1.55. The quantitative estimate of drug-likeness (QED) is 0.695. The summed E-state index contributed by atoms with van der Waals surface area (Å²) < 4.78 is 39.9. The van der Waals surface area contributed by atoms with Crippen molar-refractivity contribution in [3.05, 3.63) is 23.5 Å². The first-order chi connectivity index (χ1) is 9.09. The number of hydrogen-bond donors (Lipinski definition) is 3. The van der Waals surface area contributed by atoms with Gasteiger partial charge >= 0.3 is 0 Å². The Morgan fingerprint density at radius 1 is 1.45 bits per heavy atom. The molecule has 0 aliphatic rings. The molecule has 114 valence electrons. The lowest BCUT2D eigenvalue weighted by Gasteiger charge is -2.23. The molecule has 1 unspecified atom stereocenters. The number of aliphatic hydroxyl groups is 1. The molecule has 0 fully saturated rings. The van der Waals surface area contributed by atoms with E-state index in [-0.39, 0.29) is 22.7 Å². The Morgan fingerprint density at radius 2 is 2.05 bits per heavy atom. The second-order valence-electron chi connectivity index (χ2n) is 5.19. The van der Waals surface area contributed by atoms with Gasteiger partial charge in [-0.25, -0.2) is 17.5 Å². The zero-order valence-electron chi connectivity index (χ0n) is 11.9. The van der Waals surface area contributed by atoms with Crippen LogP contribution >= 0.6 is 0 Å². The van der Waals surface area contributed by atoms with Gasteiger partial charge in [0.1, 0.15) is 5.82 Å². The van der Waals surface area contributed by atoms with Gasteiger partial charge in [0.2, 0.25) is 10.0 Å². The maximum atomic E-state index is 13.5. The minimum atomic E-state index is -3.90. The van der Waals surface area contributed by atoms with Crippen molar-refractivity contribution >= 4 is 15.7 Å². The minimum absolute atomic E-state index is 0.0747. The SMILES string of the molecule is CCCC(C)(O)CNS(=O)(=O)c1cc(N)c(C)c(F)c1. The number of anilines is 1. The van der Waals surface area contributed by atoms with Crippen LogP contribution in [0.3, 0.4) is 0 Å². The van der Waals surface area contributed by atoms with E-state index in [1.165, 1.54) is 13.0 Å². The van der Waals surface area contributed by atoms with E-state index in [2.05, 4.69) is 4.72 Å². The Kier molecular flexibility index (Phi) is 5.12. The van der Waals surface area contributed by atoms with E-state index in [1.807, 2.05) is 6.92 Å². The van der Waals surface area contributed by atoms with Crippen molar-refractivity contribution in [3.63, 3.8) is 0 Å². The Balaban J connectivity index is 2.95. The van der Waals surface area contributed by atoms with Gasteiger partial charge in [-0.3, -0.25) is 0 Å². The van der Waals surface area contributed by atoms with E-state index in [9.17, 15) is 17.9 Å². The average molecular weight is 304 g/mol. The highest BCUT2D eigenvalue weighted by molar-refractivity contribution is 7.89. The third-order valence-corrected chi connectivity index (χ3v) is 4.48. The molecule has 0 saturated carbocycles. The van der Waals surface area contributed by atoms with Gasteiger partial charge in [0.25, 0.3) is 0 Å². The lowest BCUT2D eigenvalue weighted by molar-refractivity contribution is 0.0554. The summed E-state index contributed by atoms with van der Waals surface area (Å²) in [4.78, 5) is -0.245. The first-order valence-corrected chi connectivity index (χ1v) is 7.85. The maximum absolute atomic E-state index is 13.5. The number of nitrogens with one attached hydrogen (secondary N) is 1. The van der Waals surface area contributed by atoms with Crippen LogP contribution < -0.4 is 10.5 Å². The number of nitrogen functional groups attached to an aromatic ring is 1. The van der Waals surface area contributed by atoms with Crippen LogP contribution in [0.5, 0.6) is 0 Å². The number of nitrogens with two attached hydrogens (primary N) is 1. The van der Waals surface area contributed by atoms with Gasteiger partial charge < -0.3 is 10.8 Å². The van der Waals surface area contributed by atoms with Gasteiger partial charge in [-0.2, -0.15) is 0 Å². The van der Waals surface area contributed by atoms with Crippen LogP contribution in [-0.2, 0) is 10.0 Å². The van der Waals surface area contributed by atoms with Crippen molar-refractivity contribution in [1.29, 1.82) is 0 Å². The summed E-state index contributed by atoms with van der Waals surface area (Å²) in [6, 6.07) is 2.12. The normalized spacial score (nSPS) is 15.1. The molecule has 0 aliphatic heterocycles. The standard InChI is InChI=1S/C13H21FN2O3S/c1-4-5-13(3,17)8-16-20(18,19)10-6-11(14)9(2)12(15)7-10/h6-7,16-17H,4-5,8,15H2,1-3H3. The maximum Gasteiger partial charge on any atom is 0.240 e. The molecule has 5 nitrogen and oxygen atoms in total. The third kappa shape index (κ3) is 4.16. The van der Waals surface area contributed by atoms with Crippen LogP contribution in [0.4, 0.5) is 10.1 Å². The van der Waals surface area contributed by atoms with Gasteiger partial charge in [-0.1, -0.05) is 13.3 Å². The van der Waals surface area contributed by atoms with E-state index in [0.717, 1.165) is 12.5 Å². The molecular formula is C13H21FN2O3S. The molecule has 20 heavy (non-hydrogen) atoms. The molecule has 0 spiro atoms. The van der Waals surface area contributed by atoms with Crippen molar-refractivity contribution in [2.75, 3.05) is 12.3 Å². The molecule has 0 heterocycles. The number of rotatable bonds is 6. The molecule has 0 aromatic heterocycles. The minimum Gasteiger partial charge on any atom is -0.398 e. The smallest absolute Gasteiger partial charge is 0.240 e. The largest absolute Gasteiger partial charge is 0.398 e. The molecule has 0 radical (unpaired) electrons. The molecular weight excluding hydrogens is 283 g/mol. The van der Waals surface area contributed by atoms with E-state index >= 15 is 0 Å². The van der Waals surface area contributed by atoms with Crippen molar-refractivity contribution in [1.82, 2.24) is 4.72 Å². The van der Waals surface area contributed by atoms with Crippen LogP contribution in [0.25, 0.3) is 0 Å². The number of hydrogen-bond acceptors (Lipinski definition) is 4. The summed E-state index contributed by atoms with van der Waals surface area (Å²) in [5, 5.41) is 9.95. The van der Waals surface area contributed by atoms with E-state index < -0.39 is 21.4 Å².